The zero-order valence-corrected chi connectivity index (χ0v) is 16.9. The second-order valence-electron chi connectivity index (χ2n) is 6.69. The first kappa shape index (κ1) is 20.7. The van der Waals surface area contributed by atoms with Gasteiger partial charge in [-0.05, 0) is 51.8 Å². The van der Waals surface area contributed by atoms with E-state index in [1.807, 2.05) is 20.0 Å². The number of hydrogen-bond acceptors (Lipinski definition) is 5. The minimum atomic E-state index is -0.562. The zero-order valence-electron chi connectivity index (χ0n) is 15.3. The maximum absolute atomic E-state index is 12.4. The molecule has 144 valence electrons. The fraction of sp³-hybridized carbons (Fsp3) is 0.588. The second kappa shape index (κ2) is 8.83. The molecule has 1 aliphatic rings. The summed E-state index contributed by atoms with van der Waals surface area (Å²) in [6.45, 7) is 6.29. The molecule has 2 unspecified atom stereocenters. The lowest BCUT2D eigenvalue weighted by Crippen LogP contribution is -2.47. The molecule has 3 heterocycles. The number of piperidine rings is 1. The first-order chi connectivity index (χ1) is 12.0. The Hall–Kier alpha value is -1.64. The molecule has 2 aromatic rings. The van der Waals surface area contributed by atoms with Gasteiger partial charge < -0.3 is 16.0 Å². The number of carbonyl (C=O) groups is 2. The van der Waals surface area contributed by atoms with Gasteiger partial charge in [0.25, 0.3) is 5.91 Å². The lowest BCUT2D eigenvalue weighted by Gasteiger charge is -2.23. The summed E-state index contributed by atoms with van der Waals surface area (Å²) in [6, 6.07) is 1.28. The number of nitrogens with one attached hydrogen (secondary N) is 3. The molecule has 2 aromatic heterocycles. The van der Waals surface area contributed by atoms with E-state index in [2.05, 4.69) is 21.0 Å². The van der Waals surface area contributed by atoms with Gasteiger partial charge in [-0.1, -0.05) is 0 Å². The Morgan fingerprint density at radius 3 is 2.92 bits per heavy atom. The van der Waals surface area contributed by atoms with Gasteiger partial charge in [-0.15, -0.1) is 23.7 Å². The summed E-state index contributed by atoms with van der Waals surface area (Å²) in [6.07, 6.45) is 2.27. The third-order valence-electron chi connectivity index (χ3n) is 4.62. The van der Waals surface area contributed by atoms with Crippen LogP contribution in [0.15, 0.2) is 6.07 Å². The average Bonchev–Trinajstić information content (AvgIpc) is 3.15. The summed E-state index contributed by atoms with van der Waals surface area (Å²) >= 11 is 1.39. The standard InChI is InChI=1S/C17H25N5O2S.ClH/c1-10-13-7-14(25-17(13)22(3)21-10)16(24)20-11(2)15(23)19-9-12-5-4-6-18-8-12;/h7,11-12,18H,4-6,8-9H2,1-3H3,(H,19,23)(H,20,24);1H. The van der Waals surface area contributed by atoms with Gasteiger partial charge in [-0.3, -0.25) is 14.3 Å². The minimum Gasteiger partial charge on any atom is -0.354 e. The van der Waals surface area contributed by atoms with E-state index in [4.69, 9.17) is 0 Å². The van der Waals surface area contributed by atoms with E-state index in [1.165, 1.54) is 11.3 Å². The molecule has 3 N–H and O–H groups in total. The molecule has 3 rings (SSSR count). The minimum absolute atomic E-state index is 0. The highest BCUT2D eigenvalue weighted by atomic mass is 35.5. The highest BCUT2D eigenvalue weighted by molar-refractivity contribution is 7.20. The molecular weight excluding hydrogens is 374 g/mol. The van der Waals surface area contributed by atoms with Crippen molar-refractivity contribution in [3.05, 3.63) is 16.6 Å². The SMILES string of the molecule is Cc1nn(C)c2sc(C(=O)NC(C)C(=O)NCC3CCCNC3)cc12.Cl. The van der Waals surface area contributed by atoms with Crippen molar-refractivity contribution in [3.8, 4) is 0 Å². The van der Waals surface area contributed by atoms with Gasteiger partial charge in [-0.2, -0.15) is 5.10 Å². The Morgan fingerprint density at radius 2 is 2.27 bits per heavy atom. The van der Waals surface area contributed by atoms with Crippen molar-refractivity contribution in [2.45, 2.75) is 32.7 Å². The maximum atomic E-state index is 12.4. The fourth-order valence-electron chi connectivity index (χ4n) is 3.15. The highest BCUT2D eigenvalue weighted by Gasteiger charge is 2.21. The predicted molar refractivity (Wildman–Crippen MR) is 106 cm³/mol. The van der Waals surface area contributed by atoms with Gasteiger partial charge in [0, 0.05) is 19.0 Å². The van der Waals surface area contributed by atoms with Crippen LogP contribution in [-0.4, -0.2) is 47.3 Å². The zero-order chi connectivity index (χ0) is 18.0. The van der Waals surface area contributed by atoms with Gasteiger partial charge in [0.05, 0.1) is 10.6 Å². The van der Waals surface area contributed by atoms with Gasteiger partial charge in [-0.25, -0.2) is 0 Å². The van der Waals surface area contributed by atoms with Crippen LogP contribution in [0.25, 0.3) is 10.2 Å². The molecule has 0 spiro atoms. The molecule has 26 heavy (non-hydrogen) atoms. The molecule has 2 amide bonds. The topological polar surface area (TPSA) is 88.0 Å². The quantitative estimate of drug-likeness (QED) is 0.712. The number of fused-ring (bicyclic) bond motifs is 1. The molecule has 7 nitrogen and oxygen atoms in total. The van der Waals surface area contributed by atoms with Gasteiger partial charge in [0.2, 0.25) is 5.91 Å². The lowest BCUT2D eigenvalue weighted by molar-refractivity contribution is -0.122. The van der Waals surface area contributed by atoms with E-state index in [0.717, 1.165) is 41.8 Å². The average molecular weight is 400 g/mol. The van der Waals surface area contributed by atoms with Crippen LogP contribution in [0.4, 0.5) is 0 Å². The Labute approximate surface area is 163 Å². The van der Waals surface area contributed by atoms with Crippen LogP contribution in [0.5, 0.6) is 0 Å². The van der Waals surface area contributed by atoms with Crippen molar-refractivity contribution in [2.24, 2.45) is 13.0 Å². The number of aryl methyl sites for hydroxylation is 2. The summed E-state index contributed by atoms with van der Waals surface area (Å²) < 4.78 is 1.78. The number of amides is 2. The molecule has 1 aliphatic heterocycles. The first-order valence-corrected chi connectivity index (χ1v) is 9.49. The Balaban J connectivity index is 0.00000243. The number of thiophene rings is 1. The fourth-order valence-corrected chi connectivity index (χ4v) is 4.17. The number of rotatable bonds is 5. The highest BCUT2D eigenvalue weighted by Crippen LogP contribution is 2.27. The Kier molecular flexibility index (Phi) is 7.02. The van der Waals surface area contributed by atoms with Crippen LogP contribution < -0.4 is 16.0 Å². The van der Waals surface area contributed by atoms with Crippen molar-refractivity contribution in [2.75, 3.05) is 19.6 Å². The van der Waals surface area contributed by atoms with Gasteiger partial charge in [0.1, 0.15) is 10.9 Å². The smallest absolute Gasteiger partial charge is 0.262 e. The molecule has 0 aromatic carbocycles. The van der Waals surface area contributed by atoms with Crippen LogP contribution in [0.3, 0.4) is 0 Å². The summed E-state index contributed by atoms with van der Waals surface area (Å²) in [5.74, 6) is 0.110. The van der Waals surface area contributed by atoms with Gasteiger partial charge in [0.15, 0.2) is 0 Å². The summed E-state index contributed by atoms with van der Waals surface area (Å²) in [4.78, 5) is 26.2. The van der Waals surface area contributed by atoms with Crippen LogP contribution in [0.1, 0.15) is 35.1 Å². The van der Waals surface area contributed by atoms with Crippen molar-refractivity contribution in [1.82, 2.24) is 25.7 Å². The maximum Gasteiger partial charge on any atom is 0.262 e. The molecule has 0 saturated carbocycles. The van der Waals surface area contributed by atoms with E-state index < -0.39 is 6.04 Å². The number of carbonyl (C=O) groups excluding carboxylic acids is 2. The van der Waals surface area contributed by atoms with Crippen molar-refractivity contribution in [3.63, 3.8) is 0 Å². The van der Waals surface area contributed by atoms with E-state index in [-0.39, 0.29) is 24.2 Å². The number of aromatic nitrogens is 2. The Bertz CT molecular complexity index is 747. The number of hydrogen-bond donors (Lipinski definition) is 3. The van der Waals surface area contributed by atoms with Crippen LogP contribution >= 0.6 is 23.7 Å². The third-order valence-corrected chi connectivity index (χ3v) is 5.83. The molecular formula is C17H26ClN5O2S. The van der Waals surface area contributed by atoms with Crippen LogP contribution in [0, 0.1) is 12.8 Å². The van der Waals surface area contributed by atoms with E-state index >= 15 is 0 Å². The number of nitrogens with zero attached hydrogens (tertiary/aromatic N) is 2. The van der Waals surface area contributed by atoms with Crippen molar-refractivity contribution < 1.29 is 9.59 Å². The van der Waals surface area contributed by atoms with Gasteiger partial charge >= 0.3 is 0 Å². The lowest BCUT2D eigenvalue weighted by atomic mass is 10.00. The Morgan fingerprint density at radius 1 is 1.50 bits per heavy atom. The third kappa shape index (κ3) is 4.55. The number of halogens is 1. The normalized spacial score (nSPS) is 18.2. The van der Waals surface area contributed by atoms with E-state index in [9.17, 15) is 9.59 Å². The molecule has 1 fully saturated rings. The monoisotopic (exact) mass is 399 g/mol. The van der Waals surface area contributed by atoms with E-state index in [1.54, 1.807) is 11.6 Å². The second-order valence-corrected chi connectivity index (χ2v) is 7.72. The summed E-state index contributed by atoms with van der Waals surface area (Å²) in [7, 11) is 1.86. The molecule has 0 aliphatic carbocycles. The van der Waals surface area contributed by atoms with E-state index in [0.29, 0.717) is 17.3 Å². The summed E-state index contributed by atoms with van der Waals surface area (Å²) in [5.41, 5.74) is 0.902. The summed E-state index contributed by atoms with van der Waals surface area (Å²) in [5, 5.41) is 14.4. The van der Waals surface area contributed by atoms with Crippen molar-refractivity contribution >= 4 is 45.8 Å². The first-order valence-electron chi connectivity index (χ1n) is 8.68. The van der Waals surface area contributed by atoms with Crippen LogP contribution in [0.2, 0.25) is 0 Å². The molecule has 0 radical (unpaired) electrons. The molecule has 9 heteroatoms. The molecule has 0 bridgehead atoms. The molecule has 2 atom stereocenters. The largest absolute Gasteiger partial charge is 0.354 e. The van der Waals surface area contributed by atoms with Crippen LogP contribution in [-0.2, 0) is 11.8 Å². The molecule has 1 saturated heterocycles. The predicted octanol–water partition coefficient (Wildman–Crippen LogP) is 1.60. The van der Waals surface area contributed by atoms with Crippen molar-refractivity contribution in [1.29, 1.82) is 0 Å².